The molecule has 14 nitrogen and oxygen atoms in total. The molecular weight excluding hydrogens is 829 g/mol. The van der Waals surface area contributed by atoms with E-state index in [9.17, 15) is 19.5 Å². The van der Waals surface area contributed by atoms with E-state index in [1.165, 1.54) is 29.6 Å². The molecule has 4 aromatic carbocycles. The lowest BCUT2D eigenvalue weighted by Gasteiger charge is -2.19. The maximum absolute atomic E-state index is 13.4. The number of nitrogens with zero attached hydrogens (tertiary/aromatic N) is 3. The summed E-state index contributed by atoms with van der Waals surface area (Å²) in [7, 11) is 0. The van der Waals surface area contributed by atoms with Gasteiger partial charge in [-0.05, 0) is 104 Å². The molecule has 1 saturated heterocycles. The number of nitrogens with one attached hydrogen (secondary N) is 3. The zero-order chi connectivity index (χ0) is 42.9. The largest absolute Gasteiger partial charge is 0.454 e. The van der Waals surface area contributed by atoms with Gasteiger partial charge in [0.05, 0.1) is 17.8 Å². The Balaban J connectivity index is 1.01. The van der Waals surface area contributed by atoms with E-state index in [-0.39, 0.29) is 37.7 Å². The van der Waals surface area contributed by atoms with Crippen LogP contribution in [0, 0.1) is 13.8 Å². The number of fused-ring (bicyclic) bond motifs is 2. The molecule has 0 bridgehead atoms. The number of benzene rings is 4. The second-order valence-corrected chi connectivity index (χ2v) is 17.6. The van der Waals surface area contributed by atoms with Crippen molar-refractivity contribution in [3.05, 3.63) is 105 Å². The molecular formula is C46H44N6O8S2. The Labute approximate surface area is 365 Å². The minimum Gasteiger partial charge on any atom is -0.454 e. The smallest absolute Gasteiger partial charge is 0.231 e. The van der Waals surface area contributed by atoms with E-state index in [0.29, 0.717) is 71.2 Å². The van der Waals surface area contributed by atoms with Gasteiger partial charge in [-0.1, -0.05) is 24.3 Å². The van der Waals surface area contributed by atoms with Crippen LogP contribution in [0.4, 0.5) is 21.6 Å². The van der Waals surface area contributed by atoms with Crippen LogP contribution in [-0.4, -0.2) is 59.2 Å². The average Bonchev–Trinajstić information content (AvgIpc) is 4.09. The number of rotatable bonds is 14. The fourth-order valence-corrected chi connectivity index (χ4v) is 9.90. The van der Waals surface area contributed by atoms with Gasteiger partial charge in [-0.2, -0.15) is 0 Å². The molecule has 5 heterocycles. The van der Waals surface area contributed by atoms with E-state index >= 15 is 0 Å². The van der Waals surface area contributed by atoms with Crippen molar-refractivity contribution in [2.24, 2.45) is 0 Å². The minimum atomic E-state index is -0.940. The first-order chi connectivity index (χ1) is 30.0. The molecule has 62 heavy (non-hydrogen) atoms. The lowest BCUT2D eigenvalue weighted by Crippen LogP contribution is -2.24. The molecule has 1 atom stereocenters. The van der Waals surface area contributed by atoms with Crippen molar-refractivity contribution in [2.45, 2.75) is 65.5 Å². The summed E-state index contributed by atoms with van der Waals surface area (Å²) < 4.78 is 21.9. The number of aromatic nitrogens is 2. The standard InChI is InChI=1S/C46H44N6O8S2/c1-25-17-30(8-10-32(25)47-27(3)53)43-38(61-45(50-43)48-40(54)21-28-6-12-34-36(19-28)59-23-57-34)14-15-39-44(31-9-11-33(26(2)18-31)52-16-4-5-42(52)56)51-46(62-39)49-41(55)22-29-7-13-35-37(20-29)60-24-58-35/h6-13,17-20,40,54H,4-5,14-16,21-24H2,1-3H3,(H,47,53)(H,48,50)(H,49,51,55). The van der Waals surface area contributed by atoms with Crippen molar-refractivity contribution in [1.29, 1.82) is 0 Å². The number of aliphatic hydroxyl groups is 1. The molecule has 3 aliphatic heterocycles. The van der Waals surface area contributed by atoms with Crippen molar-refractivity contribution >= 4 is 62.0 Å². The summed E-state index contributed by atoms with van der Waals surface area (Å²) in [6.07, 6.45) is 2.00. The minimum absolute atomic E-state index is 0.122. The molecule has 2 aromatic heterocycles. The maximum atomic E-state index is 13.4. The van der Waals surface area contributed by atoms with Crippen LogP contribution in [0.15, 0.2) is 72.8 Å². The number of aryl methyl sites for hydroxylation is 4. The Hall–Kier alpha value is -6.49. The van der Waals surface area contributed by atoms with Crippen molar-refractivity contribution in [3.8, 4) is 45.5 Å². The van der Waals surface area contributed by atoms with Gasteiger partial charge in [-0.25, -0.2) is 9.97 Å². The van der Waals surface area contributed by atoms with Crippen molar-refractivity contribution in [1.82, 2.24) is 9.97 Å². The number of aliphatic hydroxyl groups excluding tert-OH is 1. The molecule has 0 spiro atoms. The highest BCUT2D eigenvalue weighted by molar-refractivity contribution is 7.16. The summed E-state index contributed by atoms with van der Waals surface area (Å²) in [4.78, 5) is 51.8. The quantitative estimate of drug-likeness (QED) is 0.0781. The maximum Gasteiger partial charge on any atom is 0.231 e. The second-order valence-electron chi connectivity index (χ2n) is 15.4. The van der Waals surface area contributed by atoms with Crippen LogP contribution in [0.1, 0.15) is 51.8 Å². The van der Waals surface area contributed by atoms with Crippen LogP contribution < -0.4 is 39.8 Å². The van der Waals surface area contributed by atoms with Gasteiger partial charge in [0.25, 0.3) is 0 Å². The first kappa shape index (κ1) is 40.9. The third-order valence-corrected chi connectivity index (χ3v) is 12.9. The first-order valence-electron chi connectivity index (χ1n) is 20.3. The Kier molecular flexibility index (Phi) is 11.5. The number of carbonyl (C=O) groups excluding carboxylic acids is 3. The molecule has 6 aromatic rings. The molecule has 1 fully saturated rings. The molecule has 9 rings (SSSR count). The zero-order valence-corrected chi connectivity index (χ0v) is 36.0. The fraction of sp³-hybridized carbons (Fsp3) is 0.283. The van der Waals surface area contributed by atoms with Crippen molar-refractivity contribution in [3.63, 3.8) is 0 Å². The summed E-state index contributed by atoms with van der Waals surface area (Å²) in [5.74, 6) is 2.34. The van der Waals surface area contributed by atoms with Gasteiger partial charge >= 0.3 is 0 Å². The van der Waals surface area contributed by atoms with Gasteiger partial charge in [0.2, 0.25) is 31.3 Å². The van der Waals surface area contributed by atoms with Crippen LogP contribution in [0.25, 0.3) is 22.5 Å². The van der Waals surface area contributed by atoms with Gasteiger partial charge in [0.15, 0.2) is 33.3 Å². The lowest BCUT2D eigenvalue weighted by molar-refractivity contribution is -0.117. The predicted octanol–water partition coefficient (Wildman–Crippen LogP) is 8.03. The van der Waals surface area contributed by atoms with Crippen LogP contribution in [0.5, 0.6) is 23.0 Å². The average molecular weight is 873 g/mol. The summed E-state index contributed by atoms with van der Waals surface area (Å²) in [6.45, 7) is 6.44. The third kappa shape index (κ3) is 8.93. The SMILES string of the molecule is CC(=O)Nc1ccc(-c2nc(NC(O)Cc3ccc4c(c3)OCO4)sc2CCc2sc(NC(=O)Cc3ccc4c(c3)OCO4)nc2-c2ccc(N3CCCC3=O)c(C)c2)cc1C. The van der Waals surface area contributed by atoms with Crippen LogP contribution >= 0.6 is 22.7 Å². The summed E-state index contributed by atoms with van der Waals surface area (Å²) in [5.41, 5.74) is 8.36. The Morgan fingerprint density at radius 2 is 1.37 bits per heavy atom. The van der Waals surface area contributed by atoms with E-state index in [1.54, 1.807) is 6.07 Å². The summed E-state index contributed by atoms with van der Waals surface area (Å²) in [6, 6.07) is 22.9. The van der Waals surface area contributed by atoms with Gasteiger partial charge < -0.3 is 44.9 Å². The van der Waals surface area contributed by atoms with E-state index in [2.05, 4.69) is 22.0 Å². The normalized spacial score (nSPS) is 14.3. The lowest BCUT2D eigenvalue weighted by atomic mass is 10.0. The van der Waals surface area contributed by atoms with Gasteiger partial charge in [0, 0.05) is 58.6 Å². The number of carbonyl (C=O) groups is 3. The summed E-state index contributed by atoms with van der Waals surface area (Å²) >= 11 is 2.89. The van der Waals surface area contributed by atoms with E-state index in [4.69, 9.17) is 28.9 Å². The van der Waals surface area contributed by atoms with Crippen LogP contribution in [0.3, 0.4) is 0 Å². The highest BCUT2D eigenvalue weighted by Crippen LogP contribution is 2.39. The van der Waals surface area contributed by atoms with E-state index < -0.39 is 6.23 Å². The molecule has 318 valence electrons. The number of ether oxygens (including phenoxy) is 4. The second kappa shape index (κ2) is 17.5. The molecule has 0 radical (unpaired) electrons. The molecule has 3 amide bonds. The van der Waals surface area contributed by atoms with Crippen molar-refractivity contribution < 1.29 is 38.4 Å². The predicted molar refractivity (Wildman–Crippen MR) is 239 cm³/mol. The number of amides is 3. The molecule has 1 unspecified atom stereocenters. The monoisotopic (exact) mass is 872 g/mol. The molecule has 4 N–H and O–H groups in total. The number of hydrogen-bond donors (Lipinski definition) is 4. The van der Waals surface area contributed by atoms with Gasteiger partial charge in [0.1, 0.15) is 6.23 Å². The number of anilines is 4. The van der Waals surface area contributed by atoms with Gasteiger partial charge in [-0.15, -0.1) is 22.7 Å². The fourth-order valence-electron chi connectivity index (χ4n) is 7.87. The molecule has 3 aliphatic rings. The molecule has 0 saturated carbocycles. The van der Waals surface area contributed by atoms with Crippen LogP contribution in [-0.2, 0) is 40.1 Å². The zero-order valence-electron chi connectivity index (χ0n) is 34.3. The highest BCUT2D eigenvalue weighted by Gasteiger charge is 2.25. The molecule has 16 heteroatoms. The first-order valence-corrected chi connectivity index (χ1v) is 22.0. The number of thiazole rings is 2. The topological polar surface area (TPSA) is 173 Å². The van der Waals surface area contributed by atoms with E-state index in [0.717, 1.165) is 66.6 Å². The Morgan fingerprint density at radius 3 is 2.02 bits per heavy atom. The van der Waals surface area contributed by atoms with Crippen molar-refractivity contribution in [2.75, 3.05) is 41.0 Å². The van der Waals surface area contributed by atoms with E-state index in [1.807, 2.05) is 79.4 Å². The Morgan fingerprint density at radius 1 is 0.758 bits per heavy atom. The van der Waals surface area contributed by atoms with Crippen LogP contribution in [0.2, 0.25) is 0 Å². The summed E-state index contributed by atoms with van der Waals surface area (Å²) in [5, 5.41) is 21.4. The molecule has 0 aliphatic carbocycles. The Bertz CT molecular complexity index is 2710. The third-order valence-electron chi connectivity index (χ3n) is 10.8. The van der Waals surface area contributed by atoms with Gasteiger partial charge in [-0.3, -0.25) is 14.4 Å². The highest BCUT2D eigenvalue weighted by atomic mass is 32.1. The number of hydrogen-bond acceptors (Lipinski definition) is 13.